The molecule has 0 radical (unpaired) electrons. The van der Waals surface area contributed by atoms with Crippen LogP contribution < -0.4 is 0 Å². The number of rotatable bonds is 9. The average Bonchev–Trinajstić information content (AvgIpc) is 2.42. The van der Waals surface area contributed by atoms with Crippen molar-refractivity contribution in [2.24, 2.45) is 0 Å². The zero-order valence-electron chi connectivity index (χ0n) is 11.2. The van der Waals surface area contributed by atoms with Crippen molar-refractivity contribution in [3.8, 4) is 0 Å². The van der Waals surface area contributed by atoms with Crippen molar-refractivity contribution < 1.29 is 14.3 Å². The highest BCUT2D eigenvalue weighted by Gasteiger charge is 2.14. The number of hydrogen-bond donors (Lipinski definition) is 0. The van der Waals surface area contributed by atoms with E-state index in [0.29, 0.717) is 18.8 Å². The van der Waals surface area contributed by atoms with Gasteiger partial charge in [-0.15, -0.1) is 0 Å². The molecule has 0 spiro atoms. The summed E-state index contributed by atoms with van der Waals surface area (Å²) in [6.45, 7) is 5.68. The van der Waals surface area contributed by atoms with E-state index in [-0.39, 0.29) is 5.78 Å². The first kappa shape index (κ1) is 14.9. The number of unbranched alkanes of at least 4 members (excludes halogenated alkanes) is 1. The van der Waals surface area contributed by atoms with Crippen LogP contribution >= 0.6 is 0 Å². The highest BCUT2D eigenvalue weighted by Crippen LogP contribution is 2.05. The van der Waals surface area contributed by atoms with Gasteiger partial charge in [0, 0.05) is 12.2 Å². The molecule has 1 rings (SSSR count). The average molecular weight is 250 g/mol. The summed E-state index contributed by atoms with van der Waals surface area (Å²) in [5, 5.41) is 0. The molecule has 18 heavy (non-hydrogen) atoms. The van der Waals surface area contributed by atoms with Crippen molar-refractivity contribution in [3.05, 3.63) is 35.9 Å². The Morgan fingerprint density at radius 1 is 1.17 bits per heavy atom. The van der Waals surface area contributed by atoms with Crippen molar-refractivity contribution in [1.82, 2.24) is 0 Å². The second-order valence-electron chi connectivity index (χ2n) is 4.21. The molecule has 0 aliphatic heterocycles. The van der Waals surface area contributed by atoms with Crippen molar-refractivity contribution >= 4 is 5.78 Å². The number of benzene rings is 1. The Labute approximate surface area is 109 Å². The molecule has 3 nitrogen and oxygen atoms in total. The van der Waals surface area contributed by atoms with E-state index in [1.165, 1.54) is 0 Å². The highest BCUT2D eigenvalue weighted by atomic mass is 16.5. The second-order valence-corrected chi connectivity index (χ2v) is 4.21. The normalized spacial score (nSPS) is 12.3. The quantitative estimate of drug-likeness (QED) is 0.499. The van der Waals surface area contributed by atoms with Crippen LogP contribution in [0.2, 0.25) is 0 Å². The number of Topliss-reactive ketones (excluding diaryl/α,β-unsaturated/α-hetero) is 1. The minimum atomic E-state index is -0.415. The molecule has 0 bridgehead atoms. The van der Waals surface area contributed by atoms with E-state index in [2.05, 4.69) is 6.92 Å². The van der Waals surface area contributed by atoms with Gasteiger partial charge in [-0.1, -0.05) is 43.7 Å². The first-order chi connectivity index (χ1) is 8.75. The van der Waals surface area contributed by atoms with E-state index in [4.69, 9.17) is 9.47 Å². The molecule has 1 aromatic rings. The summed E-state index contributed by atoms with van der Waals surface area (Å²) in [7, 11) is 0. The molecule has 0 aromatic heterocycles. The minimum Gasteiger partial charge on any atom is -0.379 e. The molecule has 1 aromatic carbocycles. The van der Waals surface area contributed by atoms with Crippen LogP contribution in [0.15, 0.2) is 30.3 Å². The molecule has 1 unspecified atom stereocenters. The Hall–Kier alpha value is -1.19. The zero-order valence-corrected chi connectivity index (χ0v) is 11.2. The van der Waals surface area contributed by atoms with Crippen molar-refractivity contribution in [2.45, 2.75) is 32.8 Å². The molecule has 3 heteroatoms. The van der Waals surface area contributed by atoms with E-state index in [9.17, 15) is 4.79 Å². The lowest BCUT2D eigenvalue weighted by Crippen LogP contribution is -2.22. The lowest BCUT2D eigenvalue weighted by Gasteiger charge is -2.12. The monoisotopic (exact) mass is 250 g/mol. The van der Waals surface area contributed by atoms with E-state index in [1.54, 1.807) is 19.1 Å². The van der Waals surface area contributed by atoms with Gasteiger partial charge in [-0.05, 0) is 13.3 Å². The lowest BCUT2D eigenvalue weighted by molar-refractivity contribution is 0.0144. The third kappa shape index (κ3) is 5.43. The molecule has 1 atom stereocenters. The molecule has 0 saturated heterocycles. The summed E-state index contributed by atoms with van der Waals surface area (Å²) in [6, 6.07) is 9.21. The van der Waals surface area contributed by atoms with Gasteiger partial charge in [-0.25, -0.2) is 0 Å². The van der Waals surface area contributed by atoms with Gasteiger partial charge in [0.25, 0.3) is 0 Å². The topological polar surface area (TPSA) is 35.5 Å². The molecule has 0 fully saturated rings. The Bertz CT molecular complexity index is 335. The number of ether oxygens (including phenoxy) is 2. The first-order valence-electron chi connectivity index (χ1n) is 6.54. The standard InChI is InChI=1S/C15H22O3/c1-3-4-10-17-11-12-18-13(2)15(16)14-8-6-5-7-9-14/h5-9,13H,3-4,10-12H2,1-2H3. The number of ketones is 1. The van der Waals surface area contributed by atoms with Crippen LogP contribution in [-0.4, -0.2) is 31.7 Å². The summed E-state index contributed by atoms with van der Waals surface area (Å²) >= 11 is 0. The maximum absolute atomic E-state index is 11.9. The summed E-state index contributed by atoms with van der Waals surface area (Å²) in [6.07, 6.45) is 1.78. The van der Waals surface area contributed by atoms with Gasteiger partial charge in [0.1, 0.15) is 6.10 Å². The van der Waals surface area contributed by atoms with Crippen LogP contribution in [0.5, 0.6) is 0 Å². The van der Waals surface area contributed by atoms with Gasteiger partial charge in [-0.3, -0.25) is 4.79 Å². The largest absolute Gasteiger partial charge is 0.379 e. The SMILES string of the molecule is CCCCOCCOC(C)C(=O)c1ccccc1. The van der Waals surface area contributed by atoms with E-state index < -0.39 is 6.10 Å². The third-order valence-corrected chi connectivity index (χ3v) is 2.67. The van der Waals surface area contributed by atoms with Crippen LogP contribution in [0.25, 0.3) is 0 Å². The Kier molecular flexibility index (Phi) is 7.30. The zero-order chi connectivity index (χ0) is 13.2. The molecule has 0 saturated carbocycles. The molecule has 0 N–H and O–H groups in total. The van der Waals surface area contributed by atoms with Crippen LogP contribution in [-0.2, 0) is 9.47 Å². The predicted octanol–water partition coefficient (Wildman–Crippen LogP) is 3.09. The van der Waals surface area contributed by atoms with Crippen LogP contribution in [0.1, 0.15) is 37.0 Å². The smallest absolute Gasteiger partial charge is 0.191 e. The van der Waals surface area contributed by atoms with Gasteiger partial charge >= 0.3 is 0 Å². The highest BCUT2D eigenvalue weighted by molar-refractivity contribution is 5.99. The third-order valence-electron chi connectivity index (χ3n) is 2.67. The molecular weight excluding hydrogens is 228 g/mol. The summed E-state index contributed by atoms with van der Waals surface area (Å²) in [5.74, 6) is 0.0177. The molecule has 100 valence electrons. The second kappa shape index (κ2) is 8.84. The number of carbonyl (C=O) groups is 1. The van der Waals surface area contributed by atoms with Crippen molar-refractivity contribution in [2.75, 3.05) is 19.8 Å². The molecule has 0 aliphatic carbocycles. The van der Waals surface area contributed by atoms with Gasteiger partial charge in [0.05, 0.1) is 13.2 Å². The Morgan fingerprint density at radius 3 is 2.56 bits per heavy atom. The number of carbonyl (C=O) groups excluding carboxylic acids is 1. The lowest BCUT2D eigenvalue weighted by atomic mass is 10.1. The summed E-state index contributed by atoms with van der Waals surface area (Å²) < 4.78 is 10.8. The fourth-order valence-electron chi connectivity index (χ4n) is 1.55. The predicted molar refractivity (Wildman–Crippen MR) is 71.9 cm³/mol. The van der Waals surface area contributed by atoms with Gasteiger partial charge in [-0.2, -0.15) is 0 Å². The Balaban J connectivity index is 2.20. The van der Waals surface area contributed by atoms with E-state index in [0.717, 1.165) is 19.4 Å². The van der Waals surface area contributed by atoms with E-state index >= 15 is 0 Å². The molecule has 0 aliphatic rings. The minimum absolute atomic E-state index is 0.0177. The van der Waals surface area contributed by atoms with Gasteiger partial charge < -0.3 is 9.47 Å². The van der Waals surface area contributed by atoms with Crippen LogP contribution in [0, 0.1) is 0 Å². The fourth-order valence-corrected chi connectivity index (χ4v) is 1.55. The van der Waals surface area contributed by atoms with E-state index in [1.807, 2.05) is 18.2 Å². The van der Waals surface area contributed by atoms with Crippen LogP contribution in [0.4, 0.5) is 0 Å². The van der Waals surface area contributed by atoms with Crippen molar-refractivity contribution in [1.29, 1.82) is 0 Å². The maximum Gasteiger partial charge on any atom is 0.191 e. The van der Waals surface area contributed by atoms with Gasteiger partial charge in [0.2, 0.25) is 0 Å². The number of hydrogen-bond acceptors (Lipinski definition) is 3. The summed E-state index contributed by atoms with van der Waals surface area (Å²) in [5.41, 5.74) is 0.692. The molecular formula is C15H22O3. The maximum atomic E-state index is 11.9. The first-order valence-corrected chi connectivity index (χ1v) is 6.54. The van der Waals surface area contributed by atoms with Gasteiger partial charge in [0.15, 0.2) is 5.78 Å². The fraction of sp³-hybridized carbons (Fsp3) is 0.533. The Morgan fingerprint density at radius 2 is 1.89 bits per heavy atom. The summed E-state index contributed by atoms with van der Waals surface area (Å²) in [4.78, 5) is 11.9. The molecule has 0 heterocycles. The molecule has 0 amide bonds. The van der Waals surface area contributed by atoms with Crippen molar-refractivity contribution in [3.63, 3.8) is 0 Å². The van der Waals surface area contributed by atoms with Crippen LogP contribution in [0.3, 0.4) is 0 Å².